The van der Waals surface area contributed by atoms with Crippen molar-refractivity contribution < 1.29 is 29.0 Å². The molecular formula is C27H32N2O6. The molecule has 0 aromatic heterocycles. The molecule has 2 aromatic carbocycles. The molecule has 8 nitrogen and oxygen atoms in total. The minimum Gasteiger partial charge on any atom is -0.479 e. The van der Waals surface area contributed by atoms with E-state index in [1.807, 2.05) is 31.2 Å². The summed E-state index contributed by atoms with van der Waals surface area (Å²) in [7, 11) is 0. The predicted octanol–water partition coefficient (Wildman–Crippen LogP) is 3.79. The molecule has 1 heterocycles. The van der Waals surface area contributed by atoms with E-state index in [1.54, 1.807) is 0 Å². The fourth-order valence-corrected chi connectivity index (χ4v) is 4.85. The molecular weight excluding hydrogens is 448 g/mol. The molecule has 186 valence electrons. The lowest BCUT2D eigenvalue weighted by Crippen LogP contribution is -2.50. The SMILES string of the molecule is CCCCC(CC(=O)N1CCOC(C(=O)O)C1)NC(=O)OCC1c2ccccc2-c2ccccc21. The first-order valence-electron chi connectivity index (χ1n) is 12.2. The average Bonchev–Trinajstić information content (AvgIpc) is 3.19. The van der Waals surface area contributed by atoms with Gasteiger partial charge in [-0.05, 0) is 28.7 Å². The van der Waals surface area contributed by atoms with Crippen LogP contribution in [0.4, 0.5) is 4.79 Å². The van der Waals surface area contributed by atoms with Crippen LogP contribution in [0.15, 0.2) is 48.5 Å². The van der Waals surface area contributed by atoms with E-state index in [0.717, 1.165) is 35.1 Å². The normalized spacial score (nSPS) is 17.9. The van der Waals surface area contributed by atoms with Crippen molar-refractivity contribution in [3.63, 3.8) is 0 Å². The van der Waals surface area contributed by atoms with Crippen LogP contribution in [0.25, 0.3) is 11.1 Å². The van der Waals surface area contributed by atoms with E-state index >= 15 is 0 Å². The minimum absolute atomic E-state index is 0.0135. The Morgan fingerprint density at radius 2 is 1.77 bits per heavy atom. The molecule has 1 fully saturated rings. The Labute approximate surface area is 205 Å². The zero-order valence-electron chi connectivity index (χ0n) is 19.9. The molecule has 1 aliphatic carbocycles. The summed E-state index contributed by atoms with van der Waals surface area (Å²) in [4.78, 5) is 38.3. The van der Waals surface area contributed by atoms with Crippen LogP contribution < -0.4 is 5.32 Å². The third kappa shape index (κ3) is 5.82. The van der Waals surface area contributed by atoms with E-state index in [4.69, 9.17) is 9.47 Å². The van der Waals surface area contributed by atoms with Gasteiger partial charge in [-0.1, -0.05) is 68.3 Å². The lowest BCUT2D eigenvalue weighted by molar-refractivity contribution is -0.159. The summed E-state index contributed by atoms with van der Waals surface area (Å²) >= 11 is 0. The monoisotopic (exact) mass is 480 g/mol. The van der Waals surface area contributed by atoms with Gasteiger partial charge < -0.3 is 24.8 Å². The largest absolute Gasteiger partial charge is 0.479 e. The summed E-state index contributed by atoms with van der Waals surface area (Å²) in [6, 6.07) is 15.9. The van der Waals surface area contributed by atoms with E-state index < -0.39 is 18.2 Å². The number of amides is 2. The van der Waals surface area contributed by atoms with Gasteiger partial charge in [0.25, 0.3) is 0 Å². The molecule has 2 amide bonds. The first-order chi connectivity index (χ1) is 17.0. The topological polar surface area (TPSA) is 105 Å². The van der Waals surface area contributed by atoms with Crippen molar-refractivity contribution in [2.45, 2.75) is 50.7 Å². The van der Waals surface area contributed by atoms with Crippen LogP contribution in [-0.2, 0) is 19.1 Å². The third-order valence-electron chi connectivity index (χ3n) is 6.69. The second-order valence-electron chi connectivity index (χ2n) is 9.05. The Bertz CT molecular complexity index is 1030. The van der Waals surface area contributed by atoms with Gasteiger partial charge in [0, 0.05) is 24.9 Å². The van der Waals surface area contributed by atoms with E-state index in [9.17, 15) is 19.5 Å². The number of carbonyl (C=O) groups is 3. The summed E-state index contributed by atoms with van der Waals surface area (Å²) in [5.74, 6) is -1.31. The third-order valence-corrected chi connectivity index (χ3v) is 6.69. The molecule has 2 aromatic rings. The van der Waals surface area contributed by atoms with Crippen LogP contribution in [0.5, 0.6) is 0 Å². The van der Waals surface area contributed by atoms with Crippen LogP contribution in [0.3, 0.4) is 0 Å². The van der Waals surface area contributed by atoms with Crippen molar-refractivity contribution in [2.75, 3.05) is 26.3 Å². The Balaban J connectivity index is 1.36. The quantitative estimate of drug-likeness (QED) is 0.566. The lowest BCUT2D eigenvalue weighted by Gasteiger charge is -2.32. The van der Waals surface area contributed by atoms with Crippen LogP contribution in [-0.4, -0.2) is 66.4 Å². The molecule has 2 atom stereocenters. The number of morpholine rings is 1. The second-order valence-corrected chi connectivity index (χ2v) is 9.05. The highest BCUT2D eigenvalue weighted by Gasteiger charge is 2.31. The minimum atomic E-state index is -1.08. The van der Waals surface area contributed by atoms with Gasteiger partial charge in [-0.2, -0.15) is 0 Å². The smallest absolute Gasteiger partial charge is 0.407 e. The number of carboxylic acid groups (broad SMARTS) is 1. The molecule has 1 aliphatic heterocycles. The molecule has 2 aliphatic rings. The molecule has 0 bridgehead atoms. The Hall–Kier alpha value is -3.39. The lowest BCUT2D eigenvalue weighted by atomic mass is 9.98. The van der Waals surface area contributed by atoms with Gasteiger partial charge in [0.1, 0.15) is 6.61 Å². The van der Waals surface area contributed by atoms with E-state index in [-0.39, 0.29) is 44.0 Å². The number of alkyl carbamates (subject to hydrolysis) is 1. The highest BCUT2D eigenvalue weighted by atomic mass is 16.5. The number of ether oxygens (including phenoxy) is 2. The number of carbonyl (C=O) groups excluding carboxylic acids is 2. The molecule has 0 saturated carbocycles. The van der Waals surface area contributed by atoms with Gasteiger partial charge in [-0.25, -0.2) is 9.59 Å². The Morgan fingerprint density at radius 3 is 2.40 bits per heavy atom. The fourth-order valence-electron chi connectivity index (χ4n) is 4.85. The number of nitrogens with one attached hydrogen (secondary N) is 1. The van der Waals surface area contributed by atoms with Crippen molar-refractivity contribution >= 4 is 18.0 Å². The molecule has 8 heteroatoms. The number of unbranched alkanes of at least 4 members (excludes halogenated alkanes) is 1. The molecule has 0 radical (unpaired) electrons. The zero-order valence-corrected chi connectivity index (χ0v) is 19.9. The second kappa shape index (κ2) is 11.4. The number of hydrogen-bond donors (Lipinski definition) is 2. The van der Waals surface area contributed by atoms with E-state index in [1.165, 1.54) is 4.90 Å². The van der Waals surface area contributed by atoms with Gasteiger partial charge in [0.05, 0.1) is 13.2 Å². The highest BCUT2D eigenvalue weighted by molar-refractivity contribution is 5.80. The molecule has 2 N–H and O–H groups in total. The first kappa shape index (κ1) is 24.7. The van der Waals surface area contributed by atoms with Gasteiger partial charge in [-0.3, -0.25) is 4.79 Å². The van der Waals surface area contributed by atoms with Crippen molar-refractivity contribution in [1.82, 2.24) is 10.2 Å². The van der Waals surface area contributed by atoms with Gasteiger partial charge >= 0.3 is 12.1 Å². The maximum absolute atomic E-state index is 12.8. The summed E-state index contributed by atoms with van der Waals surface area (Å²) in [5.41, 5.74) is 4.60. The molecule has 35 heavy (non-hydrogen) atoms. The first-order valence-corrected chi connectivity index (χ1v) is 12.2. The van der Waals surface area contributed by atoms with Gasteiger partial charge in [0.2, 0.25) is 5.91 Å². The number of aliphatic carboxylic acids is 1. The number of nitrogens with zero attached hydrogens (tertiary/aromatic N) is 1. The number of rotatable bonds is 9. The number of carboxylic acids is 1. The van der Waals surface area contributed by atoms with Crippen molar-refractivity contribution in [3.8, 4) is 11.1 Å². The maximum atomic E-state index is 12.8. The van der Waals surface area contributed by atoms with E-state index in [2.05, 4.69) is 29.6 Å². The summed E-state index contributed by atoms with van der Waals surface area (Å²) < 4.78 is 10.9. The van der Waals surface area contributed by atoms with Crippen molar-refractivity contribution in [1.29, 1.82) is 0 Å². The van der Waals surface area contributed by atoms with Crippen molar-refractivity contribution in [3.05, 3.63) is 59.7 Å². The Kier molecular flexibility index (Phi) is 8.02. The van der Waals surface area contributed by atoms with Gasteiger partial charge in [-0.15, -0.1) is 0 Å². The molecule has 2 unspecified atom stereocenters. The number of fused-ring (bicyclic) bond motifs is 3. The summed E-state index contributed by atoms with van der Waals surface area (Å²) in [6.07, 6.45) is 0.941. The Morgan fingerprint density at radius 1 is 1.11 bits per heavy atom. The fraction of sp³-hybridized carbons (Fsp3) is 0.444. The highest BCUT2D eigenvalue weighted by Crippen LogP contribution is 2.44. The van der Waals surface area contributed by atoms with E-state index in [0.29, 0.717) is 13.0 Å². The maximum Gasteiger partial charge on any atom is 0.407 e. The number of hydrogen-bond acceptors (Lipinski definition) is 5. The molecule has 1 saturated heterocycles. The van der Waals surface area contributed by atoms with Crippen LogP contribution in [0.2, 0.25) is 0 Å². The van der Waals surface area contributed by atoms with Gasteiger partial charge in [0.15, 0.2) is 6.10 Å². The summed E-state index contributed by atoms with van der Waals surface area (Å²) in [5, 5.41) is 12.1. The standard InChI is InChI=1S/C27H32N2O6/c1-2-3-8-18(15-25(30)29-13-14-34-24(16-29)26(31)32)28-27(33)35-17-23-21-11-6-4-9-19(21)20-10-5-7-12-22(20)23/h4-7,9-12,18,23-24H,2-3,8,13-17H2,1H3,(H,28,33)(H,31,32). The van der Waals surface area contributed by atoms with Crippen LogP contribution in [0, 0.1) is 0 Å². The molecule has 4 rings (SSSR count). The van der Waals surface area contributed by atoms with Crippen molar-refractivity contribution in [2.24, 2.45) is 0 Å². The molecule has 0 spiro atoms. The average molecular weight is 481 g/mol. The number of benzene rings is 2. The predicted molar refractivity (Wildman–Crippen MR) is 130 cm³/mol. The van der Waals surface area contributed by atoms with Crippen LogP contribution in [0.1, 0.15) is 49.7 Å². The summed E-state index contributed by atoms with van der Waals surface area (Å²) in [6.45, 7) is 2.79. The van der Waals surface area contributed by atoms with Crippen LogP contribution >= 0.6 is 0 Å². The zero-order chi connectivity index (χ0) is 24.8.